The molecule has 0 saturated carbocycles. The molecule has 3 atom stereocenters. The first-order chi connectivity index (χ1) is 9.60. The standard InChI is InChI=1S/C14H16ClNO4/c1-9-12(14(18)19-2)16(11(17)8-15)13(20-9)10-6-4-3-5-7-10/h3-7,9,12-13H,8H2,1-2H3/t9-,12+,13-/m1/s1. The average Bonchev–Trinajstić information content (AvgIpc) is 2.84. The zero-order valence-electron chi connectivity index (χ0n) is 11.3. The van der Waals surface area contributed by atoms with Gasteiger partial charge in [-0.25, -0.2) is 4.79 Å². The lowest BCUT2D eigenvalue weighted by Crippen LogP contribution is -2.46. The van der Waals surface area contributed by atoms with Crippen LogP contribution in [0.3, 0.4) is 0 Å². The number of ether oxygens (including phenoxy) is 2. The third kappa shape index (κ3) is 2.64. The molecule has 1 heterocycles. The Balaban J connectivity index is 2.37. The van der Waals surface area contributed by atoms with Crippen LogP contribution < -0.4 is 0 Å². The molecule has 6 heteroatoms. The van der Waals surface area contributed by atoms with Crippen LogP contribution in [0.25, 0.3) is 0 Å². The fourth-order valence-electron chi connectivity index (χ4n) is 2.35. The van der Waals surface area contributed by atoms with Gasteiger partial charge in [-0.05, 0) is 6.92 Å². The summed E-state index contributed by atoms with van der Waals surface area (Å²) in [5.41, 5.74) is 0.796. The molecule has 0 radical (unpaired) electrons. The zero-order chi connectivity index (χ0) is 14.7. The van der Waals surface area contributed by atoms with E-state index in [4.69, 9.17) is 21.1 Å². The quantitative estimate of drug-likeness (QED) is 0.629. The van der Waals surface area contributed by atoms with Crippen molar-refractivity contribution in [2.24, 2.45) is 0 Å². The maximum absolute atomic E-state index is 12.1. The molecule has 0 spiro atoms. The largest absolute Gasteiger partial charge is 0.467 e. The number of carbonyl (C=O) groups excluding carboxylic acids is 2. The maximum Gasteiger partial charge on any atom is 0.331 e. The highest BCUT2D eigenvalue weighted by Crippen LogP contribution is 2.35. The van der Waals surface area contributed by atoms with E-state index in [0.29, 0.717) is 0 Å². The summed E-state index contributed by atoms with van der Waals surface area (Å²) in [6, 6.07) is 8.46. The van der Waals surface area contributed by atoms with Gasteiger partial charge < -0.3 is 9.47 Å². The Morgan fingerprint density at radius 3 is 2.55 bits per heavy atom. The van der Waals surface area contributed by atoms with Gasteiger partial charge in [0, 0.05) is 5.56 Å². The smallest absolute Gasteiger partial charge is 0.331 e. The SMILES string of the molecule is COC(=O)[C@@H]1[C@@H](C)O[C@H](c2ccccc2)N1C(=O)CCl. The van der Waals surface area contributed by atoms with Gasteiger partial charge in [0.1, 0.15) is 5.88 Å². The molecule has 0 unspecified atom stereocenters. The van der Waals surface area contributed by atoms with E-state index >= 15 is 0 Å². The van der Waals surface area contributed by atoms with Gasteiger partial charge in [0.05, 0.1) is 13.2 Å². The normalized spacial score (nSPS) is 25.6. The zero-order valence-corrected chi connectivity index (χ0v) is 12.0. The highest BCUT2D eigenvalue weighted by atomic mass is 35.5. The third-order valence-electron chi connectivity index (χ3n) is 3.27. The van der Waals surface area contributed by atoms with Crippen LogP contribution in [-0.2, 0) is 19.1 Å². The van der Waals surface area contributed by atoms with Crippen molar-refractivity contribution in [2.45, 2.75) is 25.3 Å². The first-order valence-electron chi connectivity index (χ1n) is 6.25. The number of rotatable bonds is 3. The van der Waals surface area contributed by atoms with Crippen molar-refractivity contribution >= 4 is 23.5 Å². The van der Waals surface area contributed by atoms with Crippen LogP contribution in [0.1, 0.15) is 18.7 Å². The Morgan fingerprint density at radius 2 is 2.00 bits per heavy atom. The second kappa shape index (κ2) is 6.24. The topological polar surface area (TPSA) is 55.8 Å². The van der Waals surface area contributed by atoms with Crippen molar-refractivity contribution in [1.82, 2.24) is 4.90 Å². The summed E-state index contributed by atoms with van der Waals surface area (Å²) < 4.78 is 10.5. The lowest BCUT2D eigenvalue weighted by atomic mass is 10.1. The summed E-state index contributed by atoms with van der Waals surface area (Å²) >= 11 is 5.65. The molecule has 2 rings (SSSR count). The minimum Gasteiger partial charge on any atom is -0.467 e. The monoisotopic (exact) mass is 297 g/mol. The highest BCUT2D eigenvalue weighted by Gasteiger charge is 2.47. The van der Waals surface area contributed by atoms with E-state index in [-0.39, 0.29) is 11.8 Å². The Hall–Kier alpha value is -1.59. The third-order valence-corrected chi connectivity index (χ3v) is 3.50. The maximum atomic E-state index is 12.1. The Morgan fingerprint density at radius 1 is 1.35 bits per heavy atom. The van der Waals surface area contributed by atoms with E-state index in [1.54, 1.807) is 6.92 Å². The van der Waals surface area contributed by atoms with Crippen LogP contribution in [-0.4, -0.2) is 41.9 Å². The molecule has 1 aliphatic heterocycles. The molecule has 0 aliphatic carbocycles. The van der Waals surface area contributed by atoms with Crippen molar-refractivity contribution < 1.29 is 19.1 Å². The van der Waals surface area contributed by atoms with E-state index in [1.165, 1.54) is 12.0 Å². The predicted molar refractivity (Wildman–Crippen MR) is 73.1 cm³/mol. The molecule has 0 bridgehead atoms. The van der Waals surface area contributed by atoms with Gasteiger partial charge in [0.15, 0.2) is 12.3 Å². The summed E-state index contributed by atoms with van der Waals surface area (Å²) in [6.07, 6.45) is -1.08. The van der Waals surface area contributed by atoms with Crippen molar-refractivity contribution in [2.75, 3.05) is 13.0 Å². The number of nitrogens with zero attached hydrogens (tertiary/aromatic N) is 1. The molecule has 5 nitrogen and oxygen atoms in total. The first kappa shape index (κ1) is 14.8. The van der Waals surface area contributed by atoms with Gasteiger partial charge in [-0.3, -0.25) is 9.69 Å². The van der Waals surface area contributed by atoms with E-state index in [0.717, 1.165) is 5.56 Å². The number of hydrogen-bond donors (Lipinski definition) is 0. The molecule has 108 valence electrons. The number of amides is 1. The van der Waals surface area contributed by atoms with Gasteiger partial charge in [0.25, 0.3) is 0 Å². The van der Waals surface area contributed by atoms with Crippen molar-refractivity contribution in [1.29, 1.82) is 0 Å². The Labute approximate surface area is 122 Å². The van der Waals surface area contributed by atoms with Crippen LogP contribution in [0.4, 0.5) is 0 Å². The van der Waals surface area contributed by atoms with E-state index in [1.807, 2.05) is 30.3 Å². The van der Waals surface area contributed by atoms with Gasteiger partial charge in [-0.15, -0.1) is 11.6 Å². The van der Waals surface area contributed by atoms with E-state index < -0.39 is 24.3 Å². The molecule has 1 aromatic carbocycles. The van der Waals surface area contributed by atoms with Gasteiger partial charge in [-0.2, -0.15) is 0 Å². The first-order valence-corrected chi connectivity index (χ1v) is 6.79. The number of alkyl halides is 1. The second-order valence-electron chi connectivity index (χ2n) is 4.51. The minimum atomic E-state index is -0.781. The Kier molecular flexibility index (Phi) is 4.62. The lowest BCUT2D eigenvalue weighted by Gasteiger charge is -2.26. The number of methoxy groups -OCH3 is 1. The summed E-state index contributed by atoms with van der Waals surface area (Å²) in [7, 11) is 1.29. The fourth-order valence-corrected chi connectivity index (χ4v) is 2.49. The van der Waals surface area contributed by atoms with Crippen molar-refractivity contribution in [3.05, 3.63) is 35.9 Å². The molecule has 1 aliphatic rings. The summed E-state index contributed by atoms with van der Waals surface area (Å²) in [4.78, 5) is 25.3. The summed E-state index contributed by atoms with van der Waals surface area (Å²) in [5, 5.41) is 0. The van der Waals surface area contributed by atoms with Crippen LogP contribution in [0.2, 0.25) is 0 Å². The molecule has 1 fully saturated rings. The number of hydrogen-bond acceptors (Lipinski definition) is 4. The molecule has 1 aromatic rings. The molecule has 0 aromatic heterocycles. The number of benzene rings is 1. The average molecular weight is 298 g/mol. The predicted octanol–water partition coefficient (Wildman–Crippen LogP) is 1.71. The number of esters is 1. The number of carbonyl (C=O) groups is 2. The molecule has 20 heavy (non-hydrogen) atoms. The number of halogens is 1. The lowest BCUT2D eigenvalue weighted by molar-refractivity contribution is -0.152. The van der Waals surface area contributed by atoms with Crippen molar-refractivity contribution in [3.63, 3.8) is 0 Å². The van der Waals surface area contributed by atoms with Crippen LogP contribution in [0, 0.1) is 0 Å². The molecule has 1 amide bonds. The van der Waals surface area contributed by atoms with Gasteiger partial charge >= 0.3 is 5.97 Å². The van der Waals surface area contributed by atoms with E-state index in [9.17, 15) is 9.59 Å². The van der Waals surface area contributed by atoms with Crippen LogP contribution in [0.15, 0.2) is 30.3 Å². The summed E-state index contributed by atoms with van der Waals surface area (Å²) in [5.74, 6) is -1.08. The summed E-state index contributed by atoms with van der Waals surface area (Å²) in [6.45, 7) is 1.74. The Bertz CT molecular complexity index is 493. The van der Waals surface area contributed by atoms with Gasteiger partial charge in [-0.1, -0.05) is 30.3 Å². The van der Waals surface area contributed by atoms with E-state index in [2.05, 4.69) is 0 Å². The second-order valence-corrected chi connectivity index (χ2v) is 4.77. The van der Waals surface area contributed by atoms with Crippen molar-refractivity contribution in [3.8, 4) is 0 Å². The van der Waals surface area contributed by atoms with Crippen LogP contribution >= 0.6 is 11.6 Å². The molecular weight excluding hydrogens is 282 g/mol. The minimum absolute atomic E-state index is 0.215. The molecular formula is C14H16ClNO4. The molecule has 0 N–H and O–H groups in total. The fraction of sp³-hybridized carbons (Fsp3) is 0.429. The highest BCUT2D eigenvalue weighted by molar-refractivity contribution is 6.27. The van der Waals surface area contributed by atoms with Crippen LogP contribution in [0.5, 0.6) is 0 Å². The van der Waals surface area contributed by atoms with Gasteiger partial charge in [0.2, 0.25) is 5.91 Å². The molecule has 1 saturated heterocycles.